The molecule has 1 N–H and O–H groups in total. The fourth-order valence-electron chi connectivity index (χ4n) is 3.59. The number of piperidine rings is 1. The van der Waals surface area contributed by atoms with Gasteiger partial charge in [-0.3, -0.25) is 9.69 Å². The predicted molar refractivity (Wildman–Crippen MR) is 117 cm³/mol. The quantitative estimate of drug-likeness (QED) is 0.613. The summed E-state index contributed by atoms with van der Waals surface area (Å²) in [7, 11) is -0.590. The fraction of sp³-hybridized carbons (Fsp3) is 0.476. The maximum absolute atomic E-state index is 12.7. The monoisotopic (exact) mass is 435 g/mol. The Bertz CT molecular complexity index is 905. The van der Waals surface area contributed by atoms with E-state index in [1.165, 1.54) is 50.4 Å². The number of carbonyl (C=O) groups is 1. The molecular formula is C21H29N3O3S2. The largest absolute Gasteiger partial charge is 0.308 e. The lowest BCUT2D eigenvalue weighted by molar-refractivity contribution is 0.0984. The van der Waals surface area contributed by atoms with E-state index in [9.17, 15) is 13.2 Å². The summed E-state index contributed by atoms with van der Waals surface area (Å²) in [6, 6.07) is 10.8. The lowest BCUT2D eigenvalue weighted by atomic mass is 10.1. The number of likely N-dealkylation sites (tertiary alicyclic amines) is 1. The van der Waals surface area contributed by atoms with Gasteiger partial charge in [0, 0.05) is 31.1 Å². The van der Waals surface area contributed by atoms with Crippen LogP contribution in [0.3, 0.4) is 0 Å². The van der Waals surface area contributed by atoms with E-state index in [4.69, 9.17) is 0 Å². The number of nitrogens with one attached hydrogen (secondary N) is 1. The van der Waals surface area contributed by atoms with E-state index in [2.05, 4.69) is 27.7 Å². The molecule has 8 heteroatoms. The van der Waals surface area contributed by atoms with Gasteiger partial charge in [0.15, 0.2) is 5.78 Å². The Morgan fingerprint density at radius 2 is 1.93 bits per heavy atom. The summed E-state index contributed by atoms with van der Waals surface area (Å²) in [5.41, 5.74) is 0.408. The first-order valence-electron chi connectivity index (χ1n) is 9.93. The molecule has 1 aromatic heterocycles. The maximum Gasteiger partial charge on any atom is 0.242 e. The Balaban J connectivity index is 1.64. The summed E-state index contributed by atoms with van der Waals surface area (Å²) in [5.74, 6) is -0.107. The molecule has 0 aliphatic carbocycles. The molecule has 0 bridgehead atoms. The molecule has 1 aliphatic heterocycles. The van der Waals surface area contributed by atoms with Crippen LogP contribution in [0.1, 0.15) is 40.5 Å². The van der Waals surface area contributed by atoms with Gasteiger partial charge < -0.3 is 5.32 Å². The molecule has 2 aromatic rings. The van der Waals surface area contributed by atoms with E-state index in [1.807, 2.05) is 0 Å². The van der Waals surface area contributed by atoms with Crippen molar-refractivity contribution in [3.8, 4) is 0 Å². The van der Waals surface area contributed by atoms with Gasteiger partial charge in [-0.2, -0.15) is 0 Å². The molecule has 1 atom stereocenters. The standard InChI is InChI=1S/C21H29N3O3S2/c1-23(2)29(26,27)18-9-6-8-17(14-18)20(25)16-22-15-19(21-10-7-13-28-21)24-11-4-3-5-12-24/h6-10,13-14,19,22H,3-5,11-12,15-16H2,1-2H3. The van der Waals surface area contributed by atoms with Gasteiger partial charge in [0.1, 0.15) is 0 Å². The van der Waals surface area contributed by atoms with Crippen molar-refractivity contribution >= 4 is 27.1 Å². The molecule has 29 heavy (non-hydrogen) atoms. The van der Waals surface area contributed by atoms with Crippen LogP contribution in [-0.4, -0.2) is 63.7 Å². The van der Waals surface area contributed by atoms with E-state index in [1.54, 1.807) is 23.5 Å². The molecule has 158 valence electrons. The van der Waals surface area contributed by atoms with Crippen molar-refractivity contribution in [2.75, 3.05) is 40.3 Å². The number of thiophene rings is 1. The first-order valence-corrected chi connectivity index (χ1v) is 12.3. The lowest BCUT2D eigenvalue weighted by Crippen LogP contribution is -2.39. The van der Waals surface area contributed by atoms with Crippen molar-refractivity contribution in [2.45, 2.75) is 30.2 Å². The first-order chi connectivity index (χ1) is 13.9. The van der Waals surface area contributed by atoms with Crippen molar-refractivity contribution in [2.24, 2.45) is 0 Å². The molecule has 1 unspecified atom stereocenters. The third-order valence-corrected chi connectivity index (χ3v) is 8.05. The Hall–Kier alpha value is -1.58. The number of nitrogens with zero attached hydrogens (tertiary/aromatic N) is 2. The van der Waals surface area contributed by atoms with E-state index in [-0.39, 0.29) is 23.3 Å². The minimum absolute atomic E-state index is 0.107. The predicted octanol–water partition coefficient (Wildman–Crippen LogP) is 3.00. The molecule has 0 amide bonds. The highest BCUT2D eigenvalue weighted by Crippen LogP contribution is 2.27. The van der Waals surface area contributed by atoms with Crippen LogP contribution in [0.5, 0.6) is 0 Å². The van der Waals surface area contributed by atoms with E-state index in [0.29, 0.717) is 12.1 Å². The number of hydrogen-bond donors (Lipinski definition) is 1. The molecule has 2 heterocycles. The minimum atomic E-state index is -3.56. The molecule has 1 aliphatic rings. The van der Waals surface area contributed by atoms with E-state index < -0.39 is 10.0 Å². The summed E-state index contributed by atoms with van der Waals surface area (Å²) in [5, 5.41) is 5.40. The van der Waals surface area contributed by atoms with Gasteiger partial charge in [0.05, 0.1) is 17.5 Å². The van der Waals surface area contributed by atoms with Crippen molar-refractivity contribution in [1.29, 1.82) is 0 Å². The van der Waals surface area contributed by atoms with Crippen LogP contribution >= 0.6 is 11.3 Å². The van der Waals surface area contributed by atoms with Crippen LogP contribution in [0, 0.1) is 0 Å². The zero-order chi connectivity index (χ0) is 20.9. The van der Waals surface area contributed by atoms with Gasteiger partial charge in [-0.25, -0.2) is 12.7 Å². The number of Topliss-reactive ketones (excluding diaryl/α,β-unsaturated/α-hetero) is 1. The molecule has 1 saturated heterocycles. The zero-order valence-electron chi connectivity index (χ0n) is 17.0. The average molecular weight is 436 g/mol. The Labute approximate surface area is 177 Å². The Kier molecular flexibility index (Phi) is 7.59. The van der Waals surface area contributed by atoms with Crippen molar-refractivity contribution in [3.63, 3.8) is 0 Å². The summed E-state index contributed by atoms with van der Waals surface area (Å²) in [4.78, 5) is 16.6. The molecule has 0 saturated carbocycles. The third-order valence-electron chi connectivity index (χ3n) is 5.26. The number of sulfonamides is 1. The van der Waals surface area contributed by atoms with Crippen LogP contribution < -0.4 is 5.32 Å². The maximum atomic E-state index is 12.7. The van der Waals surface area contributed by atoms with Crippen LogP contribution in [0.25, 0.3) is 0 Å². The van der Waals surface area contributed by atoms with Gasteiger partial charge in [0.25, 0.3) is 0 Å². The van der Waals surface area contributed by atoms with Crippen LogP contribution in [0.2, 0.25) is 0 Å². The summed E-state index contributed by atoms with van der Waals surface area (Å²) in [6.45, 7) is 3.05. The Morgan fingerprint density at radius 1 is 1.17 bits per heavy atom. The normalized spacial score (nSPS) is 16.8. The van der Waals surface area contributed by atoms with Crippen molar-refractivity contribution in [1.82, 2.24) is 14.5 Å². The van der Waals surface area contributed by atoms with Gasteiger partial charge in [0.2, 0.25) is 10.0 Å². The number of rotatable bonds is 9. The van der Waals surface area contributed by atoms with Gasteiger partial charge in [-0.1, -0.05) is 24.6 Å². The van der Waals surface area contributed by atoms with E-state index >= 15 is 0 Å². The minimum Gasteiger partial charge on any atom is -0.308 e. The van der Waals surface area contributed by atoms with Crippen LogP contribution in [-0.2, 0) is 10.0 Å². The van der Waals surface area contributed by atoms with Gasteiger partial charge in [-0.15, -0.1) is 11.3 Å². The number of ketones is 1. The average Bonchev–Trinajstić information content (AvgIpc) is 3.26. The second-order valence-electron chi connectivity index (χ2n) is 7.50. The number of benzene rings is 1. The number of hydrogen-bond acceptors (Lipinski definition) is 6. The molecule has 1 fully saturated rings. The van der Waals surface area contributed by atoms with Gasteiger partial charge >= 0.3 is 0 Å². The smallest absolute Gasteiger partial charge is 0.242 e. The summed E-state index contributed by atoms with van der Waals surface area (Å²) in [6.07, 6.45) is 3.72. The molecule has 6 nitrogen and oxygen atoms in total. The second kappa shape index (κ2) is 9.95. The fourth-order valence-corrected chi connectivity index (χ4v) is 5.39. The highest BCUT2D eigenvalue weighted by atomic mass is 32.2. The van der Waals surface area contributed by atoms with Gasteiger partial charge in [-0.05, 0) is 49.5 Å². The van der Waals surface area contributed by atoms with Crippen molar-refractivity contribution < 1.29 is 13.2 Å². The molecule has 3 rings (SSSR count). The lowest BCUT2D eigenvalue weighted by Gasteiger charge is -2.34. The second-order valence-corrected chi connectivity index (χ2v) is 10.6. The molecule has 1 aromatic carbocycles. The number of carbonyl (C=O) groups excluding carboxylic acids is 1. The topological polar surface area (TPSA) is 69.7 Å². The highest BCUT2D eigenvalue weighted by molar-refractivity contribution is 7.89. The molecular weight excluding hydrogens is 406 g/mol. The third kappa shape index (κ3) is 5.52. The molecule has 0 radical (unpaired) electrons. The SMILES string of the molecule is CN(C)S(=O)(=O)c1cccc(C(=O)CNCC(c2cccs2)N2CCCCC2)c1. The van der Waals surface area contributed by atoms with E-state index in [0.717, 1.165) is 17.4 Å². The molecule has 0 spiro atoms. The highest BCUT2D eigenvalue weighted by Gasteiger charge is 2.23. The van der Waals surface area contributed by atoms with Crippen molar-refractivity contribution in [3.05, 3.63) is 52.2 Å². The van der Waals surface area contributed by atoms with Crippen LogP contribution in [0.4, 0.5) is 0 Å². The zero-order valence-corrected chi connectivity index (χ0v) is 18.6. The summed E-state index contributed by atoms with van der Waals surface area (Å²) < 4.78 is 25.8. The Morgan fingerprint density at radius 3 is 2.59 bits per heavy atom. The van der Waals surface area contributed by atoms with Crippen LogP contribution in [0.15, 0.2) is 46.7 Å². The summed E-state index contributed by atoms with van der Waals surface area (Å²) >= 11 is 1.75. The first kappa shape index (κ1) is 22.1.